The number of nitrogens with one attached hydrogen (secondary N) is 1. The Morgan fingerprint density at radius 3 is 2.02 bits per heavy atom. The first-order valence-electron chi connectivity index (χ1n) is 14.2. The average molecular weight is 517 g/mol. The fraction of sp³-hybridized carbons (Fsp3) is 0.158. The zero-order valence-corrected chi connectivity index (χ0v) is 23.4. The molecular weight excluding hydrogens is 484 g/mol. The van der Waals surface area contributed by atoms with Crippen LogP contribution in [0.5, 0.6) is 0 Å². The van der Waals surface area contributed by atoms with Crippen LogP contribution < -0.4 is 5.32 Å². The summed E-state index contributed by atoms with van der Waals surface area (Å²) < 4.78 is 2.46. The zero-order chi connectivity index (χ0) is 27.2. The smallest absolute Gasteiger partial charge is 0.0585 e. The molecule has 0 saturated heterocycles. The highest BCUT2D eigenvalue weighted by Crippen LogP contribution is 2.54. The number of hydrogen-bond donors (Lipinski definition) is 1. The summed E-state index contributed by atoms with van der Waals surface area (Å²) in [6.45, 7) is 9.41. The summed E-state index contributed by atoms with van der Waals surface area (Å²) in [4.78, 5) is 0. The minimum atomic E-state index is -0.0911. The van der Waals surface area contributed by atoms with Crippen LogP contribution in [0.1, 0.15) is 49.9 Å². The SMILES string of the molecule is CC1(C)c2ccccc2-c2ccc(Nc3ccc4c(c3)-c3c(c5ccccc5n3-c3ccccc3)C4(C)C)cc21. The lowest BCUT2D eigenvalue weighted by molar-refractivity contribution is 0.660. The molecule has 194 valence electrons. The predicted molar refractivity (Wildman–Crippen MR) is 168 cm³/mol. The van der Waals surface area contributed by atoms with Crippen molar-refractivity contribution < 1.29 is 0 Å². The first-order chi connectivity index (χ1) is 19.4. The van der Waals surface area contributed by atoms with Gasteiger partial charge in [-0.1, -0.05) is 100 Å². The second-order valence-electron chi connectivity index (χ2n) is 12.4. The van der Waals surface area contributed by atoms with Crippen molar-refractivity contribution in [2.24, 2.45) is 0 Å². The molecular formula is C38H32N2. The summed E-state index contributed by atoms with van der Waals surface area (Å²) in [6.07, 6.45) is 0. The van der Waals surface area contributed by atoms with E-state index in [-0.39, 0.29) is 10.8 Å². The van der Waals surface area contributed by atoms with Crippen LogP contribution in [0, 0.1) is 0 Å². The molecule has 0 radical (unpaired) electrons. The molecule has 0 bridgehead atoms. The molecule has 6 aromatic rings. The third-order valence-electron chi connectivity index (χ3n) is 9.33. The van der Waals surface area contributed by atoms with Crippen molar-refractivity contribution in [2.75, 3.05) is 5.32 Å². The Morgan fingerprint density at radius 1 is 0.525 bits per heavy atom. The third-order valence-corrected chi connectivity index (χ3v) is 9.33. The van der Waals surface area contributed by atoms with Crippen LogP contribution in [-0.2, 0) is 10.8 Å². The molecule has 2 nitrogen and oxygen atoms in total. The molecule has 0 aliphatic heterocycles. The van der Waals surface area contributed by atoms with Crippen LogP contribution in [0.25, 0.3) is 39.0 Å². The number of anilines is 2. The number of para-hydroxylation sites is 2. The summed E-state index contributed by atoms with van der Waals surface area (Å²) in [5.41, 5.74) is 15.5. The van der Waals surface area contributed by atoms with E-state index in [1.54, 1.807) is 0 Å². The summed E-state index contributed by atoms with van der Waals surface area (Å²) in [6, 6.07) is 42.2. The van der Waals surface area contributed by atoms with E-state index in [4.69, 9.17) is 0 Å². The largest absolute Gasteiger partial charge is 0.355 e. The Labute approximate surface area is 235 Å². The van der Waals surface area contributed by atoms with Gasteiger partial charge in [0.05, 0.1) is 11.2 Å². The van der Waals surface area contributed by atoms with Crippen molar-refractivity contribution in [1.29, 1.82) is 0 Å². The van der Waals surface area contributed by atoms with Gasteiger partial charge in [0.15, 0.2) is 0 Å². The van der Waals surface area contributed by atoms with E-state index in [9.17, 15) is 0 Å². The minimum Gasteiger partial charge on any atom is -0.355 e. The van der Waals surface area contributed by atoms with E-state index in [1.165, 1.54) is 61.2 Å². The number of rotatable bonds is 3. The Balaban J connectivity index is 1.27. The Bertz CT molecular complexity index is 1970. The van der Waals surface area contributed by atoms with Gasteiger partial charge in [-0.2, -0.15) is 0 Å². The molecule has 2 heteroatoms. The molecule has 0 atom stereocenters. The van der Waals surface area contributed by atoms with Gasteiger partial charge in [-0.25, -0.2) is 0 Å². The van der Waals surface area contributed by atoms with Crippen molar-refractivity contribution in [3.05, 3.63) is 138 Å². The maximum atomic E-state index is 3.77. The molecule has 40 heavy (non-hydrogen) atoms. The number of nitrogens with zero attached hydrogens (tertiary/aromatic N) is 1. The third kappa shape index (κ3) is 3.05. The molecule has 2 aliphatic rings. The quantitative estimate of drug-likeness (QED) is 0.248. The molecule has 2 aliphatic carbocycles. The van der Waals surface area contributed by atoms with Crippen LogP contribution in [-0.4, -0.2) is 4.57 Å². The van der Waals surface area contributed by atoms with Crippen LogP contribution in [0.2, 0.25) is 0 Å². The van der Waals surface area contributed by atoms with Gasteiger partial charge in [0, 0.05) is 38.8 Å². The number of aromatic nitrogens is 1. The van der Waals surface area contributed by atoms with Crippen molar-refractivity contribution in [2.45, 2.75) is 38.5 Å². The Kier molecular flexibility index (Phi) is 4.66. The van der Waals surface area contributed by atoms with Crippen molar-refractivity contribution >= 4 is 22.3 Å². The lowest BCUT2D eigenvalue weighted by Gasteiger charge is -2.23. The maximum Gasteiger partial charge on any atom is 0.0585 e. The normalized spacial score (nSPS) is 15.4. The molecule has 0 amide bonds. The molecule has 8 rings (SSSR count). The lowest BCUT2D eigenvalue weighted by atomic mass is 9.81. The van der Waals surface area contributed by atoms with Crippen LogP contribution >= 0.6 is 0 Å². The van der Waals surface area contributed by atoms with Gasteiger partial charge in [0.25, 0.3) is 0 Å². The second-order valence-corrected chi connectivity index (χ2v) is 12.4. The monoisotopic (exact) mass is 516 g/mol. The molecule has 0 saturated carbocycles. The van der Waals surface area contributed by atoms with E-state index >= 15 is 0 Å². The van der Waals surface area contributed by atoms with Crippen molar-refractivity contribution in [3.8, 4) is 28.1 Å². The van der Waals surface area contributed by atoms with E-state index in [2.05, 4.69) is 153 Å². The summed E-state index contributed by atoms with van der Waals surface area (Å²) in [5.74, 6) is 0. The standard InChI is InChI=1S/C38H32N2/c1-37(2)31-16-10-8-14-27(31)28-20-18-25(23-33(28)37)39-24-19-21-32-30(22-24)36-35(38(32,3)4)29-15-9-11-17-34(29)40(36)26-12-6-5-7-13-26/h5-23,39H,1-4H3. The van der Waals surface area contributed by atoms with Gasteiger partial charge in [-0.3, -0.25) is 0 Å². The molecule has 0 spiro atoms. The molecule has 1 heterocycles. The summed E-state index contributed by atoms with van der Waals surface area (Å²) >= 11 is 0. The van der Waals surface area contributed by atoms with Crippen molar-refractivity contribution in [1.82, 2.24) is 4.57 Å². The van der Waals surface area contributed by atoms with Gasteiger partial charge >= 0.3 is 0 Å². The highest BCUT2D eigenvalue weighted by Gasteiger charge is 2.41. The fourth-order valence-corrected chi connectivity index (χ4v) is 7.42. The molecule has 0 fully saturated rings. The highest BCUT2D eigenvalue weighted by atomic mass is 15.0. The number of benzene rings is 5. The molecule has 1 N–H and O–H groups in total. The summed E-state index contributed by atoms with van der Waals surface area (Å²) in [7, 11) is 0. The average Bonchev–Trinajstić information content (AvgIpc) is 3.52. The van der Waals surface area contributed by atoms with Crippen molar-refractivity contribution in [3.63, 3.8) is 0 Å². The van der Waals surface area contributed by atoms with E-state index in [1.807, 2.05) is 0 Å². The minimum absolute atomic E-state index is 0.0168. The maximum absolute atomic E-state index is 3.77. The van der Waals surface area contributed by atoms with Gasteiger partial charge in [0.1, 0.15) is 0 Å². The molecule has 0 unspecified atom stereocenters. The van der Waals surface area contributed by atoms with Gasteiger partial charge in [0.2, 0.25) is 0 Å². The number of hydrogen-bond acceptors (Lipinski definition) is 1. The number of fused-ring (bicyclic) bond motifs is 8. The summed E-state index contributed by atoms with van der Waals surface area (Å²) in [5, 5.41) is 5.10. The Morgan fingerprint density at radius 2 is 1.18 bits per heavy atom. The topological polar surface area (TPSA) is 17.0 Å². The van der Waals surface area contributed by atoms with E-state index < -0.39 is 0 Å². The van der Waals surface area contributed by atoms with Gasteiger partial charge in [-0.05, 0) is 75.8 Å². The zero-order valence-electron chi connectivity index (χ0n) is 23.4. The first kappa shape index (κ1) is 23.3. The second kappa shape index (κ2) is 7.99. The predicted octanol–water partition coefficient (Wildman–Crippen LogP) is 9.99. The highest BCUT2D eigenvalue weighted by molar-refractivity contribution is 6.00. The fourth-order valence-electron chi connectivity index (χ4n) is 7.42. The van der Waals surface area contributed by atoms with Crippen LogP contribution in [0.3, 0.4) is 0 Å². The lowest BCUT2D eigenvalue weighted by Crippen LogP contribution is -2.15. The molecule has 5 aromatic carbocycles. The molecule has 1 aromatic heterocycles. The van der Waals surface area contributed by atoms with Gasteiger partial charge in [-0.15, -0.1) is 0 Å². The first-order valence-corrected chi connectivity index (χ1v) is 14.2. The van der Waals surface area contributed by atoms with E-state index in [0.29, 0.717) is 0 Å². The Hall–Kier alpha value is -4.56. The van der Waals surface area contributed by atoms with E-state index in [0.717, 1.165) is 11.4 Å². The van der Waals surface area contributed by atoms with Crippen LogP contribution in [0.4, 0.5) is 11.4 Å². The van der Waals surface area contributed by atoms with Crippen LogP contribution in [0.15, 0.2) is 115 Å². The van der Waals surface area contributed by atoms with Gasteiger partial charge < -0.3 is 9.88 Å².